The molecule has 3 atom stereocenters. The van der Waals surface area contributed by atoms with Crippen molar-refractivity contribution in [3.8, 4) is 0 Å². The van der Waals surface area contributed by atoms with E-state index in [2.05, 4.69) is 17.1 Å². The molecule has 1 N–H and O–H groups in total. The highest BCUT2D eigenvalue weighted by Gasteiger charge is 2.66. The molecule has 0 radical (unpaired) electrons. The highest BCUT2D eigenvalue weighted by atomic mass is 16.5. The fraction of sp³-hybridized carbons (Fsp3) is 0.938. The van der Waals surface area contributed by atoms with Crippen molar-refractivity contribution in [1.82, 2.24) is 10.2 Å². The van der Waals surface area contributed by atoms with Gasteiger partial charge in [0.25, 0.3) is 0 Å². The van der Waals surface area contributed by atoms with Crippen molar-refractivity contribution < 1.29 is 4.74 Å². The summed E-state index contributed by atoms with van der Waals surface area (Å²) in [7, 11) is 0. The standard InChI is InChI=1S/C16H27N3O/c1-2-17-15(19-9-3-4-10-19)18-13-12-6-11-20-14(12)16(13)7-5-8-16/h12-14H,2-11H2,1H3,(H,17,18). The van der Waals surface area contributed by atoms with Crippen LogP contribution in [0.1, 0.15) is 45.4 Å². The monoisotopic (exact) mass is 277 g/mol. The van der Waals surface area contributed by atoms with Gasteiger partial charge in [-0.1, -0.05) is 6.42 Å². The Morgan fingerprint density at radius 2 is 2.10 bits per heavy atom. The zero-order valence-corrected chi connectivity index (χ0v) is 12.6. The van der Waals surface area contributed by atoms with E-state index in [-0.39, 0.29) is 0 Å². The van der Waals surface area contributed by atoms with Crippen LogP contribution >= 0.6 is 0 Å². The Balaban J connectivity index is 1.50. The van der Waals surface area contributed by atoms with Crippen LogP contribution in [0.2, 0.25) is 0 Å². The van der Waals surface area contributed by atoms with E-state index in [4.69, 9.17) is 9.73 Å². The summed E-state index contributed by atoms with van der Waals surface area (Å²) in [4.78, 5) is 7.21. The van der Waals surface area contributed by atoms with Crippen LogP contribution in [0.15, 0.2) is 4.99 Å². The van der Waals surface area contributed by atoms with Gasteiger partial charge in [-0.15, -0.1) is 0 Å². The van der Waals surface area contributed by atoms with Gasteiger partial charge in [-0.3, -0.25) is 4.99 Å². The molecule has 2 saturated carbocycles. The minimum Gasteiger partial charge on any atom is -0.377 e. The normalized spacial score (nSPS) is 38.5. The largest absolute Gasteiger partial charge is 0.377 e. The van der Waals surface area contributed by atoms with Gasteiger partial charge in [0.15, 0.2) is 5.96 Å². The summed E-state index contributed by atoms with van der Waals surface area (Å²) in [5.74, 6) is 1.91. The molecule has 2 saturated heterocycles. The average Bonchev–Trinajstić information content (AvgIpc) is 3.02. The van der Waals surface area contributed by atoms with Gasteiger partial charge in [-0.05, 0) is 39.0 Å². The van der Waals surface area contributed by atoms with E-state index in [0.717, 1.165) is 19.1 Å². The van der Waals surface area contributed by atoms with E-state index < -0.39 is 0 Å². The van der Waals surface area contributed by atoms with E-state index in [9.17, 15) is 0 Å². The molecule has 0 aromatic rings. The second-order valence-electron chi connectivity index (χ2n) is 6.94. The van der Waals surface area contributed by atoms with Gasteiger partial charge in [0.05, 0.1) is 6.10 Å². The number of aliphatic imine (C=N–C) groups is 1. The third-order valence-corrected chi connectivity index (χ3v) is 6.03. The summed E-state index contributed by atoms with van der Waals surface area (Å²) in [6.07, 6.45) is 8.51. The number of hydrogen-bond donors (Lipinski definition) is 1. The number of nitrogens with zero attached hydrogens (tertiary/aromatic N) is 2. The SMILES string of the molecule is CCN=C(NC1C2CCOC2C12CCC2)N1CCCC1. The predicted molar refractivity (Wildman–Crippen MR) is 79.8 cm³/mol. The second-order valence-corrected chi connectivity index (χ2v) is 6.94. The van der Waals surface area contributed by atoms with Gasteiger partial charge in [-0.25, -0.2) is 0 Å². The molecule has 4 aliphatic rings. The van der Waals surface area contributed by atoms with Crippen LogP contribution in [0.5, 0.6) is 0 Å². The number of guanidine groups is 1. The second kappa shape index (κ2) is 4.90. The summed E-state index contributed by atoms with van der Waals surface area (Å²) in [5, 5.41) is 3.86. The van der Waals surface area contributed by atoms with E-state index >= 15 is 0 Å². The molecule has 4 fully saturated rings. The van der Waals surface area contributed by atoms with Crippen molar-refractivity contribution >= 4 is 5.96 Å². The fourth-order valence-corrected chi connectivity index (χ4v) is 4.91. The third kappa shape index (κ3) is 1.73. The van der Waals surface area contributed by atoms with E-state index in [0.29, 0.717) is 17.6 Å². The molecular formula is C16H27N3O. The molecule has 0 bridgehead atoms. The number of ether oxygens (including phenoxy) is 1. The van der Waals surface area contributed by atoms with Crippen LogP contribution in [0.4, 0.5) is 0 Å². The number of nitrogens with one attached hydrogen (secondary N) is 1. The van der Waals surface area contributed by atoms with Gasteiger partial charge in [0, 0.05) is 43.6 Å². The Morgan fingerprint density at radius 3 is 2.75 bits per heavy atom. The topological polar surface area (TPSA) is 36.9 Å². The summed E-state index contributed by atoms with van der Waals surface area (Å²) in [6.45, 7) is 6.34. The average molecular weight is 277 g/mol. The maximum absolute atomic E-state index is 6.01. The van der Waals surface area contributed by atoms with Crippen LogP contribution in [0, 0.1) is 11.3 Å². The van der Waals surface area contributed by atoms with Crippen molar-refractivity contribution in [2.45, 2.75) is 57.6 Å². The Morgan fingerprint density at radius 1 is 1.30 bits per heavy atom. The molecule has 3 unspecified atom stereocenters. The number of fused-ring (bicyclic) bond motifs is 2. The zero-order valence-electron chi connectivity index (χ0n) is 12.6. The van der Waals surface area contributed by atoms with Crippen LogP contribution in [0.3, 0.4) is 0 Å². The van der Waals surface area contributed by atoms with Crippen molar-refractivity contribution in [2.75, 3.05) is 26.2 Å². The van der Waals surface area contributed by atoms with Gasteiger partial charge in [0.1, 0.15) is 0 Å². The van der Waals surface area contributed by atoms with Gasteiger partial charge >= 0.3 is 0 Å². The molecular weight excluding hydrogens is 250 g/mol. The minimum atomic E-state index is 0.454. The molecule has 0 amide bonds. The lowest BCUT2D eigenvalue weighted by Crippen LogP contribution is -2.72. The van der Waals surface area contributed by atoms with E-state index in [1.807, 2.05) is 0 Å². The lowest BCUT2D eigenvalue weighted by molar-refractivity contribution is -0.171. The third-order valence-electron chi connectivity index (χ3n) is 6.03. The van der Waals surface area contributed by atoms with E-state index in [1.54, 1.807) is 0 Å². The van der Waals surface area contributed by atoms with Gasteiger partial charge in [0.2, 0.25) is 0 Å². The highest BCUT2D eigenvalue weighted by molar-refractivity contribution is 5.81. The molecule has 2 aliphatic heterocycles. The van der Waals surface area contributed by atoms with Crippen LogP contribution < -0.4 is 5.32 Å². The zero-order chi connectivity index (χ0) is 13.6. The first-order chi connectivity index (χ1) is 9.85. The molecule has 20 heavy (non-hydrogen) atoms. The smallest absolute Gasteiger partial charge is 0.194 e. The Kier molecular flexibility index (Phi) is 3.17. The number of rotatable bonds is 2. The number of hydrogen-bond acceptors (Lipinski definition) is 2. The molecule has 0 aromatic heterocycles. The summed E-state index contributed by atoms with van der Waals surface area (Å²) < 4.78 is 6.01. The van der Waals surface area contributed by atoms with Gasteiger partial charge < -0.3 is 15.0 Å². The van der Waals surface area contributed by atoms with Crippen LogP contribution in [-0.2, 0) is 4.74 Å². The molecule has 2 heterocycles. The maximum Gasteiger partial charge on any atom is 0.194 e. The van der Waals surface area contributed by atoms with Crippen molar-refractivity contribution in [2.24, 2.45) is 16.3 Å². The highest BCUT2D eigenvalue weighted by Crippen LogP contribution is 2.62. The quantitative estimate of drug-likeness (QED) is 0.619. The van der Waals surface area contributed by atoms with Crippen molar-refractivity contribution in [1.29, 1.82) is 0 Å². The van der Waals surface area contributed by atoms with Crippen LogP contribution in [0.25, 0.3) is 0 Å². The predicted octanol–water partition coefficient (Wildman–Crippen LogP) is 2.01. The lowest BCUT2D eigenvalue weighted by Gasteiger charge is -2.63. The van der Waals surface area contributed by atoms with E-state index in [1.165, 1.54) is 57.6 Å². The van der Waals surface area contributed by atoms with Crippen molar-refractivity contribution in [3.05, 3.63) is 0 Å². The molecule has 112 valence electrons. The molecule has 1 spiro atoms. The molecule has 4 heteroatoms. The maximum atomic E-state index is 6.01. The first-order valence-electron chi connectivity index (χ1n) is 8.53. The Bertz CT molecular complexity index is 399. The van der Waals surface area contributed by atoms with Gasteiger partial charge in [-0.2, -0.15) is 0 Å². The first kappa shape index (κ1) is 12.9. The molecule has 4 rings (SSSR count). The molecule has 0 aromatic carbocycles. The summed E-state index contributed by atoms with van der Waals surface area (Å²) in [6, 6.07) is 0.620. The lowest BCUT2D eigenvalue weighted by atomic mass is 9.46. The Hall–Kier alpha value is -0.770. The summed E-state index contributed by atoms with van der Waals surface area (Å²) >= 11 is 0. The first-order valence-corrected chi connectivity index (χ1v) is 8.53. The molecule has 2 aliphatic carbocycles. The van der Waals surface area contributed by atoms with Crippen LogP contribution in [-0.4, -0.2) is 49.2 Å². The Labute approximate surface area is 122 Å². The summed E-state index contributed by atoms with van der Waals surface area (Å²) in [5.41, 5.74) is 0.454. The molecule has 4 nitrogen and oxygen atoms in total. The minimum absolute atomic E-state index is 0.454. The number of likely N-dealkylation sites (tertiary alicyclic amines) is 1. The van der Waals surface area contributed by atoms with Crippen molar-refractivity contribution in [3.63, 3.8) is 0 Å². The fourth-order valence-electron chi connectivity index (χ4n) is 4.91.